The fraction of sp³-hybridized carbons (Fsp3) is 0. The van der Waals surface area contributed by atoms with Crippen LogP contribution in [-0.2, 0) is 0 Å². The van der Waals surface area contributed by atoms with Crippen LogP contribution >= 0.6 is 45.2 Å². The summed E-state index contributed by atoms with van der Waals surface area (Å²) in [5.74, 6) is 0. The third-order valence-corrected chi connectivity index (χ3v) is 5.10. The van der Waals surface area contributed by atoms with Gasteiger partial charge in [-0.1, -0.05) is 24.3 Å². The van der Waals surface area contributed by atoms with Crippen molar-refractivity contribution in [1.29, 1.82) is 0 Å². The van der Waals surface area contributed by atoms with Gasteiger partial charge in [-0.2, -0.15) is 0 Å². The third-order valence-electron chi connectivity index (χ3n) is 2.00. The minimum absolute atomic E-state index is 1.12. The number of anilines is 2. The summed E-state index contributed by atoms with van der Waals surface area (Å²) in [5.41, 5.74) is 2.28. The van der Waals surface area contributed by atoms with E-state index in [1.54, 1.807) is 0 Å². The topological polar surface area (TPSA) is 12.0 Å². The van der Waals surface area contributed by atoms with Crippen LogP contribution in [0.15, 0.2) is 48.5 Å². The van der Waals surface area contributed by atoms with Crippen LogP contribution in [0.3, 0.4) is 0 Å². The first-order valence-electron chi connectivity index (χ1n) is 4.53. The molecule has 3 heteroatoms. The molecule has 0 aliphatic carbocycles. The van der Waals surface area contributed by atoms with E-state index in [1.165, 1.54) is 7.14 Å². The Morgan fingerprint density at radius 1 is 0.800 bits per heavy atom. The van der Waals surface area contributed by atoms with Gasteiger partial charge in [-0.15, -0.1) is 0 Å². The molecule has 0 amide bonds. The van der Waals surface area contributed by atoms with Crippen LogP contribution in [0.2, 0.25) is 0 Å². The molecule has 2 rings (SSSR count). The molecule has 0 saturated carbocycles. The zero-order valence-electron chi connectivity index (χ0n) is 7.87. The van der Waals surface area contributed by atoms with Crippen LogP contribution < -0.4 is 5.32 Å². The van der Waals surface area contributed by atoms with Crippen molar-refractivity contribution in [3.63, 3.8) is 0 Å². The van der Waals surface area contributed by atoms with Crippen molar-refractivity contribution >= 4 is 56.6 Å². The van der Waals surface area contributed by atoms with Crippen molar-refractivity contribution in [3.8, 4) is 0 Å². The first-order chi connectivity index (χ1) is 7.27. The lowest BCUT2D eigenvalue weighted by molar-refractivity contribution is 1.50. The van der Waals surface area contributed by atoms with Crippen LogP contribution in [0.1, 0.15) is 0 Å². The number of hydrogen-bond acceptors (Lipinski definition) is 1. The molecule has 0 saturated heterocycles. The summed E-state index contributed by atoms with van der Waals surface area (Å²) in [4.78, 5) is 0. The fourth-order valence-electron chi connectivity index (χ4n) is 1.28. The summed E-state index contributed by atoms with van der Waals surface area (Å²) in [6.07, 6.45) is 0. The zero-order valence-corrected chi connectivity index (χ0v) is 12.2. The van der Waals surface area contributed by atoms with Crippen molar-refractivity contribution in [2.24, 2.45) is 0 Å². The second kappa shape index (κ2) is 5.16. The van der Waals surface area contributed by atoms with Gasteiger partial charge < -0.3 is 5.32 Å². The molecule has 0 radical (unpaired) electrons. The Labute approximate surface area is 117 Å². The second-order valence-electron chi connectivity index (χ2n) is 3.09. The predicted octanol–water partition coefficient (Wildman–Crippen LogP) is 4.64. The molecule has 2 aromatic rings. The maximum absolute atomic E-state index is 3.40. The Kier molecular flexibility index (Phi) is 3.85. The molecule has 0 aliphatic heterocycles. The summed E-state index contributed by atoms with van der Waals surface area (Å²) in [6, 6.07) is 16.5. The number of nitrogens with one attached hydrogen (secondary N) is 1. The maximum atomic E-state index is 3.40. The monoisotopic (exact) mass is 421 g/mol. The van der Waals surface area contributed by atoms with E-state index in [2.05, 4.69) is 80.8 Å². The molecule has 0 heterocycles. The standard InChI is InChI=1S/C12H9I2N/c13-10-7-4-8-11(12(10)14)15-9-5-2-1-3-6-9/h1-8,15H. The Morgan fingerprint density at radius 3 is 2.27 bits per heavy atom. The van der Waals surface area contributed by atoms with Crippen LogP contribution in [0.25, 0.3) is 0 Å². The molecule has 2 aromatic carbocycles. The Hall–Kier alpha value is -0.300. The average Bonchev–Trinajstić information content (AvgIpc) is 2.26. The van der Waals surface area contributed by atoms with Crippen LogP contribution in [0.5, 0.6) is 0 Å². The molecule has 0 unspecified atom stereocenters. The van der Waals surface area contributed by atoms with Gasteiger partial charge in [0.25, 0.3) is 0 Å². The molecule has 0 aromatic heterocycles. The van der Waals surface area contributed by atoms with Crippen molar-refractivity contribution in [2.45, 2.75) is 0 Å². The van der Waals surface area contributed by atoms with Gasteiger partial charge in [0.1, 0.15) is 0 Å². The largest absolute Gasteiger partial charge is 0.355 e. The Bertz CT molecular complexity index is 454. The van der Waals surface area contributed by atoms with Crippen LogP contribution in [0, 0.1) is 7.14 Å². The Morgan fingerprint density at radius 2 is 1.53 bits per heavy atom. The minimum atomic E-state index is 1.12. The van der Waals surface area contributed by atoms with Gasteiger partial charge in [-0.25, -0.2) is 0 Å². The molecule has 76 valence electrons. The first-order valence-corrected chi connectivity index (χ1v) is 6.69. The summed E-state index contributed by atoms with van der Waals surface area (Å²) in [6.45, 7) is 0. The van der Waals surface area contributed by atoms with E-state index in [-0.39, 0.29) is 0 Å². The van der Waals surface area contributed by atoms with Crippen molar-refractivity contribution in [3.05, 3.63) is 55.7 Å². The number of halogens is 2. The molecule has 0 atom stereocenters. The lowest BCUT2D eigenvalue weighted by atomic mass is 10.3. The first kappa shape index (κ1) is 11.2. The SMILES string of the molecule is Ic1cccc(Nc2ccccc2)c1I. The molecule has 0 fully saturated rings. The lowest BCUT2D eigenvalue weighted by Crippen LogP contribution is -1.93. The molecular formula is C12H9I2N. The van der Waals surface area contributed by atoms with Crippen molar-refractivity contribution < 1.29 is 0 Å². The van der Waals surface area contributed by atoms with E-state index in [0.717, 1.165) is 11.4 Å². The van der Waals surface area contributed by atoms with Gasteiger partial charge >= 0.3 is 0 Å². The highest BCUT2D eigenvalue weighted by atomic mass is 127. The highest BCUT2D eigenvalue weighted by Gasteiger charge is 2.02. The summed E-state index contributed by atoms with van der Waals surface area (Å²) in [5, 5.41) is 3.40. The molecular weight excluding hydrogens is 412 g/mol. The van der Waals surface area contributed by atoms with E-state index in [4.69, 9.17) is 0 Å². The molecule has 0 spiro atoms. The predicted molar refractivity (Wildman–Crippen MR) is 81.6 cm³/mol. The Balaban J connectivity index is 2.29. The molecule has 0 bridgehead atoms. The highest BCUT2D eigenvalue weighted by Crippen LogP contribution is 2.26. The van der Waals surface area contributed by atoms with Gasteiger partial charge in [0.15, 0.2) is 0 Å². The van der Waals surface area contributed by atoms with E-state index >= 15 is 0 Å². The van der Waals surface area contributed by atoms with E-state index in [9.17, 15) is 0 Å². The summed E-state index contributed by atoms with van der Waals surface area (Å²) < 4.78 is 2.54. The van der Waals surface area contributed by atoms with E-state index in [0.29, 0.717) is 0 Å². The zero-order chi connectivity index (χ0) is 10.7. The maximum Gasteiger partial charge on any atom is 0.0530 e. The molecule has 1 N–H and O–H groups in total. The van der Waals surface area contributed by atoms with E-state index < -0.39 is 0 Å². The highest BCUT2D eigenvalue weighted by molar-refractivity contribution is 14.1. The molecule has 0 aliphatic rings. The number of rotatable bonds is 2. The lowest BCUT2D eigenvalue weighted by Gasteiger charge is -2.09. The fourth-order valence-corrected chi connectivity index (χ4v) is 2.27. The summed E-state index contributed by atoms with van der Waals surface area (Å²) in [7, 11) is 0. The van der Waals surface area contributed by atoms with E-state index in [1.807, 2.05) is 18.2 Å². The third kappa shape index (κ3) is 2.84. The van der Waals surface area contributed by atoms with Gasteiger partial charge in [0.2, 0.25) is 0 Å². The van der Waals surface area contributed by atoms with Crippen LogP contribution in [-0.4, -0.2) is 0 Å². The van der Waals surface area contributed by atoms with Gasteiger partial charge in [-0.05, 0) is 69.4 Å². The van der Waals surface area contributed by atoms with Gasteiger partial charge in [0, 0.05) is 12.8 Å². The second-order valence-corrected chi connectivity index (χ2v) is 5.33. The summed E-state index contributed by atoms with van der Waals surface area (Å²) >= 11 is 4.71. The smallest absolute Gasteiger partial charge is 0.0530 e. The normalized spacial score (nSPS) is 10.0. The number of benzene rings is 2. The molecule has 1 nitrogen and oxygen atoms in total. The van der Waals surface area contributed by atoms with Crippen molar-refractivity contribution in [1.82, 2.24) is 0 Å². The number of para-hydroxylation sites is 1. The molecule has 15 heavy (non-hydrogen) atoms. The average molecular weight is 421 g/mol. The minimum Gasteiger partial charge on any atom is -0.355 e. The van der Waals surface area contributed by atoms with Gasteiger partial charge in [-0.3, -0.25) is 0 Å². The quantitative estimate of drug-likeness (QED) is 0.698. The van der Waals surface area contributed by atoms with Gasteiger partial charge in [0.05, 0.1) is 5.69 Å². The number of hydrogen-bond donors (Lipinski definition) is 1. The van der Waals surface area contributed by atoms with Crippen LogP contribution in [0.4, 0.5) is 11.4 Å². The van der Waals surface area contributed by atoms with Crippen molar-refractivity contribution in [2.75, 3.05) is 5.32 Å².